The number of aliphatic imine (C=N–C) groups is 1. The van der Waals surface area contributed by atoms with Crippen LogP contribution in [0.2, 0.25) is 0 Å². The van der Waals surface area contributed by atoms with E-state index < -0.39 is 5.97 Å². The van der Waals surface area contributed by atoms with E-state index >= 15 is 0 Å². The molecule has 0 aliphatic rings. The monoisotopic (exact) mass is 206 g/mol. The topological polar surface area (TPSA) is 76.5 Å². The molecular formula is C10H12N3O2-. The first-order chi connectivity index (χ1) is 7.24. The molecule has 15 heavy (non-hydrogen) atoms. The second-order valence-electron chi connectivity index (χ2n) is 2.73. The van der Waals surface area contributed by atoms with Crippen molar-refractivity contribution in [2.24, 2.45) is 4.99 Å². The number of hydrazine groups is 1. The molecule has 1 aromatic carbocycles. The minimum Gasteiger partial charge on any atom is -0.542 e. The van der Waals surface area contributed by atoms with E-state index in [0.29, 0.717) is 6.54 Å². The van der Waals surface area contributed by atoms with Crippen LogP contribution >= 0.6 is 0 Å². The third-order valence-electron chi connectivity index (χ3n) is 1.61. The molecule has 0 atom stereocenters. The van der Waals surface area contributed by atoms with E-state index in [1.54, 1.807) is 19.1 Å². The minimum absolute atomic E-state index is 0.207. The largest absolute Gasteiger partial charge is 0.542 e. The Morgan fingerprint density at radius 1 is 1.40 bits per heavy atom. The van der Waals surface area contributed by atoms with Crippen LogP contribution in [0.5, 0.6) is 0 Å². The molecule has 0 bridgehead atoms. The van der Waals surface area contributed by atoms with Gasteiger partial charge in [0.1, 0.15) is 5.97 Å². The van der Waals surface area contributed by atoms with Gasteiger partial charge in [-0.25, -0.2) is 0 Å². The predicted octanol–water partition coefficient (Wildman–Crippen LogP) is -0.229. The van der Waals surface area contributed by atoms with Gasteiger partial charge in [0.25, 0.3) is 0 Å². The third-order valence-corrected chi connectivity index (χ3v) is 1.61. The fourth-order valence-electron chi connectivity index (χ4n) is 0.966. The first-order valence-electron chi connectivity index (χ1n) is 4.57. The Kier molecular flexibility index (Phi) is 4.15. The molecule has 0 fully saturated rings. The van der Waals surface area contributed by atoms with E-state index in [2.05, 4.69) is 15.8 Å². The number of hydrogen-bond acceptors (Lipinski definition) is 4. The third kappa shape index (κ3) is 3.68. The number of amidine groups is 1. The molecule has 0 heterocycles. The molecule has 0 aliphatic heterocycles. The van der Waals surface area contributed by atoms with Gasteiger partial charge in [-0.1, -0.05) is 18.2 Å². The normalized spacial score (nSPS) is 10.9. The van der Waals surface area contributed by atoms with Crippen molar-refractivity contribution in [2.75, 3.05) is 12.0 Å². The zero-order chi connectivity index (χ0) is 11.1. The van der Waals surface area contributed by atoms with Crippen LogP contribution in [-0.4, -0.2) is 18.3 Å². The van der Waals surface area contributed by atoms with Crippen molar-refractivity contribution in [3.8, 4) is 0 Å². The van der Waals surface area contributed by atoms with Gasteiger partial charge in [0.05, 0.1) is 5.69 Å². The summed E-state index contributed by atoms with van der Waals surface area (Å²) in [5.41, 5.74) is 5.94. The Balaban J connectivity index is 2.55. The van der Waals surface area contributed by atoms with E-state index in [9.17, 15) is 9.90 Å². The highest BCUT2D eigenvalue weighted by Crippen LogP contribution is 2.02. The Morgan fingerprint density at radius 2 is 2.07 bits per heavy atom. The number of nitrogens with one attached hydrogen (secondary N) is 2. The van der Waals surface area contributed by atoms with Crippen molar-refractivity contribution < 1.29 is 9.90 Å². The zero-order valence-electron chi connectivity index (χ0n) is 8.36. The number of carboxylic acid groups (broad SMARTS) is 1. The standard InChI is InChI=1S/C10H13N3O2/c1-2-11-9(10(14)15)13-12-8-6-4-3-5-7-8/h3-7,12H,2H2,1H3,(H,11,13)(H,14,15)/p-1. The van der Waals surface area contributed by atoms with Crippen LogP contribution in [0.25, 0.3) is 0 Å². The number of rotatable bonds is 3. The fourth-order valence-corrected chi connectivity index (χ4v) is 0.966. The van der Waals surface area contributed by atoms with E-state index in [-0.39, 0.29) is 5.84 Å². The fraction of sp³-hybridized carbons (Fsp3) is 0.200. The van der Waals surface area contributed by atoms with Gasteiger partial charge in [-0.15, -0.1) is 0 Å². The molecular weight excluding hydrogens is 194 g/mol. The molecule has 1 rings (SSSR count). The summed E-state index contributed by atoms with van der Waals surface area (Å²) in [6.45, 7) is 2.12. The van der Waals surface area contributed by atoms with Crippen LogP contribution in [-0.2, 0) is 4.79 Å². The molecule has 0 amide bonds. The Labute approximate surface area is 87.8 Å². The van der Waals surface area contributed by atoms with Gasteiger partial charge in [0.2, 0.25) is 0 Å². The molecule has 5 heteroatoms. The second-order valence-corrected chi connectivity index (χ2v) is 2.73. The zero-order valence-corrected chi connectivity index (χ0v) is 8.36. The van der Waals surface area contributed by atoms with Gasteiger partial charge >= 0.3 is 0 Å². The molecule has 0 aromatic heterocycles. The van der Waals surface area contributed by atoms with Crippen LogP contribution in [0.3, 0.4) is 0 Å². The first-order valence-corrected chi connectivity index (χ1v) is 4.57. The number of carbonyl (C=O) groups excluding carboxylic acids is 1. The molecule has 5 nitrogen and oxygen atoms in total. The molecule has 80 valence electrons. The minimum atomic E-state index is -1.33. The first kappa shape index (κ1) is 11.0. The average molecular weight is 206 g/mol. The maximum absolute atomic E-state index is 10.6. The lowest BCUT2D eigenvalue weighted by Crippen LogP contribution is -2.43. The van der Waals surface area contributed by atoms with E-state index in [1.807, 2.05) is 18.2 Å². The Hall–Kier alpha value is -2.04. The SMILES string of the molecule is CCN=C(NNc1ccccc1)C(=O)[O-]. The number of anilines is 1. The summed E-state index contributed by atoms with van der Waals surface area (Å²) in [5.74, 6) is -1.54. The van der Waals surface area contributed by atoms with Crippen LogP contribution < -0.4 is 16.0 Å². The molecule has 2 N–H and O–H groups in total. The van der Waals surface area contributed by atoms with Crippen molar-refractivity contribution in [1.82, 2.24) is 5.43 Å². The number of aliphatic carboxylic acids is 1. The van der Waals surface area contributed by atoms with E-state index in [1.165, 1.54) is 0 Å². The molecule has 0 aliphatic carbocycles. The lowest BCUT2D eigenvalue weighted by Gasteiger charge is -2.12. The van der Waals surface area contributed by atoms with Crippen LogP contribution in [0.15, 0.2) is 35.3 Å². The van der Waals surface area contributed by atoms with Crippen molar-refractivity contribution >= 4 is 17.5 Å². The second kappa shape index (κ2) is 5.64. The van der Waals surface area contributed by atoms with Gasteiger partial charge in [-0.05, 0) is 19.1 Å². The number of carbonyl (C=O) groups is 1. The van der Waals surface area contributed by atoms with E-state index in [0.717, 1.165) is 5.69 Å². The summed E-state index contributed by atoms with van der Waals surface area (Å²) >= 11 is 0. The molecule has 0 unspecified atom stereocenters. The smallest absolute Gasteiger partial charge is 0.162 e. The number of benzene rings is 1. The molecule has 0 spiro atoms. The van der Waals surface area contributed by atoms with Crippen molar-refractivity contribution in [3.05, 3.63) is 30.3 Å². The van der Waals surface area contributed by atoms with Crippen LogP contribution in [0.1, 0.15) is 6.92 Å². The Bertz CT molecular complexity index is 349. The average Bonchev–Trinajstić information content (AvgIpc) is 2.25. The van der Waals surface area contributed by atoms with Crippen LogP contribution in [0, 0.1) is 0 Å². The Morgan fingerprint density at radius 3 is 2.60 bits per heavy atom. The van der Waals surface area contributed by atoms with Gasteiger partial charge in [-0.3, -0.25) is 15.8 Å². The number of nitrogens with zero attached hydrogens (tertiary/aromatic N) is 1. The van der Waals surface area contributed by atoms with Crippen LogP contribution in [0.4, 0.5) is 5.69 Å². The lowest BCUT2D eigenvalue weighted by molar-refractivity contribution is -0.294. The maximum Gasteiger partial charge on any atom is 0.162 e. The van der Waals surface area contributed by atoms with Crippen molar-refractivity contribution in [1.29, 1.82) is 0 Å². The number of hydrogen-bond donors (Lipinski definition) is 2. The highest BCUT2D eigenvalue weighted by atomic mass is 16.4. The summed E-state index contributed by atoms with van der Waals surface area (Å²) in [6.07, 6.45) is 0. The van der Waals surface area contributed by atoms with Gasteiger partial charge in [-0.2, -0.15) is 0 Å². The summed E-state index contributed by atoms with van der Waals surface area (Å²) in [6, 6.07) is 9.13. The number of para-hydroxylation sites is 1. The summed E-state index contributed by atoms with van der Waals surface area (Å²) in [4.78, 5) is 14.3. The molecule has 0 radical (unpaired) electrons. The van der Waals surface area contributed by atoms with Crippen molar-refractivity contribution in [2.45, 2.75) is 6.92 Å². The number of carboxylic acids is 1. The maximum atomic E-state index is 10.6. The van der Waals surface area contributed by atoms with Crippen molar-refractivity contribution in [3.63, 3.8) is 0 Å². The molecule has 0 saturated carbocycles. The summed E-state index contributed by atoms with van der Waals surface area (Å²) < 4.78 is 0. The summed E-state index contributed by atoms with van der Waals surface area (Å²) in [7, 11) is 0. The molecule has 0 saturated heterocycles. The predicted molar refractivity (Wildman–Crippen MR) is 56.2 cm³/mol. The van der Waals surface area contributed by atoms with Gasteiger partial charge < -0.3 is 9.90 Å². The van der Waals surface area contributed by atoms with E-state index in [4.69, 9.17) is 0 Å². The quantitative estimate of drug-likeness (QED) is 0.407. The highest BCUT2D eigenvalue weighted by molar-refractivity contribution is 6.33. The highest BCUT2D eigenvalue weighted by Gasteiger charge is 1.97. The van der Waals surface area contributed by atoms with Gasteiger partial charge in [0.15, 0.2) is 5.84 Å². The van der Waals surface area contributed by atoms with Gasteiger partial charge in [0, 0.05) is 6.54 Å². The lowest BCUT2D eigenvalue weighted by atomic mass is 10.3. The summed E-state index contributed by atoms with van der Waals surface area (Å²) in [5, 5.41) is 10.6. The molecule has 1 aromatic rings.